The number of hydrogen-bond donors (Lipinski definition) is 0. The Bertz CT molecular complexity index is 588. The molecule has 0 saturated heterocycles. The monoisotopic (exact) mass is 294 g/mol. The average Bonchev–Trinajstić information content (AvgIpc) is 2.58. The van der Waals surface area contributed by atoms with Gasteiger partial charge in [0.05, 0.1) is 13.0 Å². The minimum atomic E-state index is -0.219. The maximum atomic E-state index is 11.9. The van der Waals surface area contributed by atoms with Gasteiger partial charge in [0.15, 0.2) is 0 Å². The largest absolute Gasteiger partial charge is 0.469 e. The fourth-order valence-electron chi connectivity index (χ4n) is 2.40. The van der Waals surface area contributed by atoms with E-state index in [1.807, 2.05) is 54.6 Å². The van der Waals surface area contributed by atoms with Crippen LogP contribution in [0.1, 0.15) is 17.5 Å². The second kappa shape index (κ2) is 8.83. The van der Waals surface area contributed by atoms with Gasteiger partial charge in [0.2, 0.25) is 0 Å². The van der Waals surface area contributed by atoms with E-state index in [2.05, 4.69) is 18.2 Å². The molecule has 2 aromatic carbocycles. The Hall–Kier alpha value is -2.35. The Morgan fingerprint density at radius 3 is 2.18 bits per heavy atom. The number of carbonyl (C=O) groups excluding carboxylic acids is 1. The van der Waals surface area contributed by atoms with Gasteiger partial charge >= 0.3 is 5.97 Å². The number of carbonyl (C=O) groups is 1. The molecular weight excluding hydrogens is 272 g/mol. The first-order chi connectivity index (χ1) is 10.8. The van der Waals surface area contributed by atoms with Crippen LogP contribution < -0.4 is 0 Å². The molecule has 0 aliphatic carbocycles. The van der Waals surface area contributed by atoms with E-state index in [1.165, 1.54) is 12.7 Å². The van der Waals surface area contributed by atoms with Gasteiger partial charge in [-0.05, 0) is 30.4 Å². The molecule has 2 heteroatoms. The Balaban J connectivity index is 1.92. The van der Waals surface area contributed by atoms with Gasteiger partial charge in [0, 0.05) is 0 Å². The van der Waals surface area contributed by atoms with Crippen molar-refractivity contribution in [2.24, 2.45) is 5.92 Å². The van der Waals surface area contributed by atoms with Crippen LogP contribution >= 0.6 is 0 Å². The highest BCUT2D eigenvalue weighted by molar-refractivity contribution is 5.74. The summed E-state index contributed by atoms with van der Waals surface area (Å²) in [7, 11) is 1.44. The molecule has 0 saturated carbocycles. The van der Waals surface area contributed by atoms with Crippen LogP contribution in [0.15, 0.2) is 72.8 Å². The molecular formula is C20H22O2. The van der Waals surface area contributed by atoms with E-state index in [0.29, 0.717) is 6.42 Å². The molecule has 1 atom stereocenters. The normalized spacial score (nSPS) is 12.2. The first kappa shape index (κ1) is 16.0. The zero-order valence-electron chi connectivity index (χ0n) is 12.9. The number of benzene rings is 2. The summed E-state index contributed by atoms with van der Waals surface area (Å²) in [4.78, 5) is 11.9. The van der Waals surface area contributed by atoms with E-state index in [1.54, 1.807) is 0 Å². The number of aryl methyl sites for hydroxylation is 1. The standard InChI is InChI=1S/C20H22O2/c1-22-20(21)19(16-18-13-6-3-7-14-18)15-9-8-12-17-10-4-2-5-11-17/h2-7,9-11,13-15,19H,8,12,16H2,1H3/b15-9+. The predicted molar refractivity (Wildman–Crippen MR) is 89.6 cm³/mol. The van der Waals surface area contributed by atoms with Gasteiger partial charge in [-0.25, -0.2) is 0 Å². The van der Waals surface area contributed by atoms with E-state index < -0.39 is 0 Å². The van der Waals surface area contributed by atoms with Crippen LogP contribution in [0, 0.1) is 5.92 Å². The summed E-state index contributed by atoms with van der Waals surface area (Å²) in [5.74, 6) is -0.400. The lowest BCUT2D eigenvalue weighted by Crippen LogP contribution is -2.16. The fourth-order valence-corrected chi connectivity index (χ4v) is 2.40. The number of esters is 1. The number of allylic oxidation sites excluding steroid dienone is 1. The van der Waals surface area contributed by atoms with Crippen LogP contribution in [-0.4, -0.2) is 13.1 Å². The first-order valence-corrected chi connectivity index (χ1v) is 7.62. The van der Waals surface area contributed by atoms with E-state index in [-0.39, 0.29) is 11.9 Å². The quantitative estimate of drug-likeness (QED) is 0.565. The Labute approximate surface area is 132 Å². The number of rotatable bonds is 7. The van der Waals surface area contributed by atoms with Gasteiger partial charge in [-0.3, -0.25) is 4.79 Å². The molecule has 0 amide bonds. The summed E-state index contributed by atoms with van der Waals surface area (Å²) in [6.07, 6.45) is 6.64. The highest BCUT2D eigenvalue weighted by atomic mass is 16.5. The summed E-state index contributed by atoms with van der Waals surface area (Å²) in [5, 5.41) is 0. The molecule has 0 heterocycles. The van der Waals surface area contributed by atoms with Crippen molar-refractivity contribution in [3.05, 3.63) is 83.9 Å². The molecule has 0 bridgehead atoms. The molecule has 2 nitrogen and oxygen atoms in total. The predicted octanol–water partition coefficient (Wildman–Crippen LogP) is 4.21. The third-order valence-electron chi connectivity index (χ3n) is 3.61. The molecule has 0 aliphatic heterocycles. The first-order valence-electron chi connectivity index (χ1n) is 7.62. The van der Waals surface area contributed by atoms with Crippen molar-refractivity contribution in [2.75, 3.05) is 7.11 Å². The molecule has 1 unspecified atom stereocenters. The van der Waals surface area contributed by atoms with E-state index in [4.69, 9.17) is 4.74 Å². The highest BCUT2D eigenvalue weighted by Gasteiger charge is 2.16. The molecule has 22 heavy (non-hydrogen) atoms. The van der Waals surface area contributed by atoms with Crippen molar-refractivity contribution in [3.8, 4) is 0 Å². The molecule has 0 spiro atoms. The minimum Gasteiger partial charge on any atom is -0.469 e. The minimum absolute atomic E-state index is 0.181. The lowest BCUT2D eigenvalue weighted by Gasteiger charge is -2.10. The maximum Gasteiger partial charge on any atom is 0.312 e. The Kier molecular flexibility index (Phi) is 6.43. The number of ether oxygens (including phenoxy) is 1. The SMILES string of the molecule is COC(=O)C(/C=C/CCc1ccccc1)Cc1ccccc1. The number of methoxy groups -OCH3 is 1. The third-order valence-corrected chi connectivity index (χ3v) is 3.61. The molecule has 0 fully saturated rings. The Morgan fingerprint density at radius 2 is 1.59 bits per heavy atom. The lowest BCUT2D eigenvalue weighted by atomic mass is 9.98. The second-order valence-corrected chi connectivity index (χ2v) is 5.27. The van der Waals surface area contributed by atoms with Crippen molar-refractivity contribution in [1.29, 1.82) is 0 Å². The van der Waals surface area contributed by atoms with Crippen molar-refractivity contribution in [1.82, 2.24) is 0 Å². The zero-order valence-corrected chi connectivity index (χ0v) is 12.9. The van der Waals surface area contributed by atoms with E-state index >= 15 is 0 Å². The summed E-state index contributed by atoms with van der Waals surface area (Å²) < 4.78 is 4.91. The lowest BCUT2D eigenvalue weighted by molar-refractivity contribution is -0.143. The molecule has 0 radical (unpaired) electrons. The summed E-state index contributed by atoms with van der Waals surface area (Å²) in [5.41, 5.74) is 2.45. The van der Waals surface area contributed by atoms with E-state index in [0.717, 1.165) is 18.4 Å². The molecule has 2 aromatic rings. The van der Waals surface area contributed by atoms with Crippen LogP contribution in [0.4, 0.5) is 0 Å². The van der Waals surface area contributed by atoms with Crippen molar-refractivity contribution < 1.29 is 9.53 Å². The Morgan fingerprint density at radius 1 is 1.00 bits per heavy atom. The third kappa shape index (κ3) is 5.21. The molecule has 0 aromatic heterocycles. The van der Waals surface area contributed by atoms with Crippen molar-refractivity contribution in [3.63, 3.8) is 0 Å². The van der Waals surface area contributed by atoms with Crippen LogP contribution in [0.25, 0.3) is 0 Å². The topological polar surface area (TPSA) is 26.3 Å². The zero-order chi connectivity index (χ0) is 15.6. The van der Waals surface area contributed by atoms with Gasteiger partial charge in [-0.15, -0.1) is 0 Å². The van der Waals surface area contributed by atoms with Crippen LogP contribution in [0.3, 0.4) is 0 Å². The smallest absolute Gasteiger partial charge is 0.312 e. The van der Waals surface area contributed by atoms with Gasteiger partial charge in [-0.1, -0.05) is 72.8 Å². The van der Waals surface area contributed by atoms with Gasteiger partial charge in [0.1, 0.15) is 0 Å². The molecule has 114 valence electrons. The van der Waals surface area contributed by atoms with Crippen molar-refractivity contribution in [2.45, 2.75) is 19.3 Å². The molecule has 0 N–H and O–H groups in total. The number of hydrogen-bond acceptors (Lipinski definition) is 2. The van der Waals surface area contributed by atoms with Crippen LogP contribution in [0.2, 0.25) is 0 Å². The summed E-state index contributed by atoms with van der Waals surface area (Å²) >= 11 is 0. The highest BCUT2D eigenvalue weighted by Crippen LogP contribution is 2.13. The second-order valence-electron chi connectivity index (χ2n) is 5.27. The van der Waals surface area contributed by atoms with Gasteiger partial charge < -0.3 is 4.74 Å². The van der Waals surface area contributed by atoms with Crippen LogP contribution in [-0.2, 0) is 22.4 Å². The summed E-state index contributed by atoms with van der Waals surface area (Å²) in [6, 6.07) is 20.4. The maximum absolute atomic E-state index is 11.9. The average molecular weight is 294 g/mol. The van der Waals surface area contributed by atoms with E-state index in [9.17, 15) is 4.79 Å². The van der Waals surface area contributed by atoms with Crippen molar-refractivity contribution >= 4 is 5.97 Å². The molecule has 0 aliphatic rings. The summed E-state index contributed by atoms with van der Waals surface area (Å²) in [6.45, 7) is 0. The van der Waals surface area contributed by atoms with Gasteiger partial charge in [0.25, 0.3) is 0 Å². The van der Waals surface area contributed by atoms with Gasteiger partial charge in [-0.2, -0.15) is 0 Å². The fraction of sp³-hybridized carbons (Fsp3) is 0.250. The molecule has 2 rings (SSSR count). The van der Waals surface area contributed by atoms with Crippen LogP contribution in [0.5, 0.6) is 0 Å².